The standard InChI is InChI=1S/C17H22F3N3O2/c1-3-22(2)15(24)10-14-16(25)21-7-8-23(14)11-12-5-4-6-13(9-12)17(18,19)20/h4-6,9,14H,3,7-8,10-11H2,1-2H3,(H,21,25)/t14-/m1/s1. The molecule has 0 radical (unpaired) electrons. The van der Waals surface area contributed by atoms with Crippen molar-refractivity contribution in [2.24, 2.45) is 0 Å². The Labute approximate surface area is 144 Å². The van der Waals surface area contributed by atoms with Crippen molar-refractivity contribution in [3.63, 3.8) is 0 Å². The predicted octanol–water partition coefficient (Wildman–Crippen LogP) is 1.87. The minimum atomic E-state index is -4.41. The average Bonchev–Trinajstić information content (AvgIpc) is 2.56. The summed E-state index contributed by atoms with van der Waals surface area (Å²) in [6, 6.07) is 4.38. The van der Waals surface area contributed by atoms with Gasteiger partial charge in [0, 0.05) is 33.2 Å². The van der Waals surface area contributed by atoms with E-state index in [1.165, 1.54) is 11.0 Å². The molecule has 1 aromatic rings. The van der Waals surface area contributed by atoms with Crippen molar-refractivity contribution in [1.82, 2.24) is 15.1 Å². The van der Waals surface area contributed by atoms with Crippen LogP contribution >= 0.6 is 0 Å². The van der Waals surface area contributed by atoms with Crippen molar-refractivity contribution in [3.8, 4) is 0 Å². The number of amides is 2. The van der Waals surface area contributed by atoms with Crippen molar-refractivity contribution < 1.29 is 22.8 Å². The molecule has 0 aliphatic carbocycles. The van der Waals surface area contributed by atoms with Crippen LogP contribution in [0, 0.1) is 0 Å². The van der Waals surface area contributed by atoms with E-state index in [1.54, 1.807) is 18.0 Å². The molecule has 2 rings (SSSR count). The number of hydrogen-bond donors (Lipinski definition) is 1. The fourth-order valence-corrected chi connectivity index (χ4v) is 2.75. The summed E-state index contributed by atoms with van der Waals surface area (Å²) in [7, 11) is 1.65. The van der Waals surface area contributed by atoms with E-state index in [9.17, 15) is 22.8 Å². The van der Waals surface area contributed by atoms with E-state index in [0.717, 1.165) is 12.1 Å². The molecule has 25 heavy (non-hydrogen) atoms. The highest BCUT2D eigenvalue weighted by molar-refractivity contribution is 5.88. The van der Waals surface area contributed by atoms with Crippen molar-refractivity contribution in [3.05, 3.63) is 35.4 Å². The highest BCUT2D eigenvalue weighted by Crippen LogP contribution is 2.30. The Morgan fingerprint density at radius 1 is 1.40 bits per heavy atom. The zero-order chi connectivity index (χ0) is 18.6. The second-order valence-electron chi connectivity index (χ2n) is 6.09. The molecule has 0 saturated carbocycles. The van der Waals surface area contributed by atoms with E-state index >= 15 is 0 Å². The number of carbonyl (C=O) groups is 2. The van der Waals surface area contributed by atoms with Crippen LogP contribution in [0.2, 0.25) is 0 Å². The Bertz CT molecular complexity index is 634. The molecule has 0 unspecified atom stereocenters. The summed E-state index contributed by atoms with van der Waals surface area (Å²) in [4.78, 5) is 27.6. The molecule has 1 fully saturated rings. The molecule has 1 heterocycles. The number of alkyl halides is 3. The summed E-state index contributed by atoms with van der Waals surface area (Å²) in [6.07, 6.45) is -4.40. The van der Waals surface area contributed by atoms with Gasteiger partial charge in [-0.1, -0.05) is 18.2 Å². The van der Waals surface area contributed by atoms with Crippen LogP contribution in [-0.4, -0.2) is 54.3 Å². The number of piperazine rings is 1. The zero-order valence-corrected chi connectivity index (χ0v) is 14.3. The summed E-state index contributed by atoms with van der Waals surface area (Å²) in [5.74, 6) is -0.435. The SMILES string of the molecule is CCN(C)C(=O)C[C@@H]1C(=O)NCCN1Cc1cccc(C(F)(F)F)c1. The first-order valence-electron chi connectivity index (χ1n) is 8.14. The van der Waals surface area contributed by atoms with Crippen molar-refractivity contribution in [2.75, 3.05) is 26.7 Å². The number of rotatable bonds is 5. The maximum atomic E-state index is 12.9. The molecule has 0 bridgehead atoms. The Kier molecular flexibility index (Phi) is 6.05. The van der Waals surface area contributed by atoms with E-state index < -0.39 is 17.8 Å². The Morgan fingerprint density at radius 3 is 2.76 bits per heavy atom. The van der Waals surface area contributed by atoms with Crippen molar-refractivity contribution in [2.45, 2.75) is 32.1 Å². The van der Waals surface area contributed by atoms with Crippen LogP contribution in [0.1, 0.15) is 24.5 Å². The first-order chi connectivity index (χ1) is 11.7. The highest BCUT2D eigenvalue weighted by atomic mass is 19.4. The molecule has 0 spiro atoms. The molecule has 8 heteroatoms. The monoisotopic (exact) mass is 357 g/mol. The third-order valence-electron chi connectivity index (χ3n) is 4.35. The summed E-state index contributed by atoms with van der Waals surface area (Å²) < 4.78 is 38.6. The van der Waals surface area contributed by atoms with E-state index in [0.29, 0.717) is 25.2 Å². The topological polar surface area (TPSA) is 52.7 Å². The molecular formula is C17H22F3N3O2. The molecule has 1 aliphatic rings. The summed E-state index contributed by atoms with van der Waals surface area (Å²) in [6.45, 7) is 3.44. The van der Waals surface area contributed by atoms with Gasteiger partial charge in [0.05, 0.1) is 18.0 Å². The molecule has 138 valence electrons. The van der Waals surface area contributed by atoms with Crippen LogP contribution in [0.4, 0.5) is 13.2 Å². The van der Waals surface area contributed by atoms with Gasteiger partial charge in [0.1, 0.15) is 0 Å². The van der Waals surface area contributed by atoms with Gasteiger partial charge in [0.2, 0.25) is 11.8 Å². The van der Waals surface area contributed by atoms with Gasteiger partial charge >= 0.3 is 6.18 Å². The molecule has 1 atom stereocenters. The van der Waals surface area contributed by atoms with Gasteiger partial charge in [-0.05, 0) is 18.6 Å². The van der Waals surface area contributed by atoms with E-state index in [1.807, 2.05) is 6.92 Å². The van der Waals surface area contributed by atoms with E-state index in [2.05, 4.69) is 5.32 Å². The van der Waals surface area contributed by atoms with E-state index in [4.69, 9.17) is 0 Å². The smallest absolute Gasteiger partial charge is 0.353 e. The quantitative estimate of drug-likeness (QED) is 0.875. The van der Waals surface area contributed by atoms with Gasteiger partial charge in [-0.15, -0.1) is 0 Å². The number of halogens is 3. The van der Waals surface area contributed by atoms with E-state index in [-0.39, 0.29) is 24.8 Å². The zero-order valence-electron chi connectivity index (χ0n) is 14.3. The Morgan fingerprint density at radius 2 is 2.12 bits per heavy atom. The molecule has 1 aliphatic heterocycles. The normalized spacial score (nSPS) is 18.8. The molecule has 1 N–H and O–H groups in total. The van der Waals surface area contributed by atoms with Crippen LogP contribution in [0.25, 0.3) is 0 Å². The lowest BCUT2D eigenvalue weighted by molar-refractivity contribution is -0.138. The number of carbonyl (C=O) groups excluding carboxylic acids is 2. The van der Waals surface area contributed by atoms with Crippen LogP contribution in [-0.2, 0) is 22.3 Å². The van der Waals surface area contributed by atoms with Crippen LogP contribution in [0.3, 0.4) is 0 Å². The molecule has 2 amide bonds. The minimum Gasteiger partial charge on any atom is -0.353 e. The maximum Gasteiger partial charge on any atom is 0.416 e. The fourth-order valence-electron chi connectivity index (χ4n) is 2.75. The summed E-state index contributed by atoms with van der Waals surface area (Å²) in [5, 5.41) is 2.71. The van der Waals surface area contributed by atoms with Crippen LogP contribution in [0.15, 0.2) is 24.3 Å². The van der Waals surface area contributed by atoms with Gasteiger partial charge in [-0.25, -0.2) is 0 Å². The summed E-state index contributed by atoms with van der Waals surface area (Å²) >= 11 is 0. The van der Waals surface area contributed by atoms with Gasteiger partial charge in [0.25, 0.3) is 0 Å². The minimum absolute atomic E-state index is 0.00906. The summed E-state index contributed by atoms with van der Waals surface area (Å²) in [5.41, 5.74) is -0.254. The van der Waals surface area contributed by atoms with Gasteiger partial charge in [-0.3, -0.25) is 14.5 Å². The second-order valence-corrected chi connectivity index (χ2v) is 6.09. The lowest BCUT2D eigenvalue weighted by atomic mass is 10.0. The van der Waals surface area contributed by atoms with Crippen molar-refractivity contribution in [1.29, 1.82) is 0 Å². The molecule has 5 nitrogen and oxygen atoms in total. The van der Waals surface area contributed by atoms with Gasteiger partial charge in [-0.2, -0.15) is 13.2 Å². The molecule has 0 aromatic heterocycles. The first-order valence-corrected chi connectivity index (χ1v) is 8.14. The number of hydrogen-bond acceptors (Lipinski definition) is 3. The van der Waals surface area contributed by atoms with Crippen molar-refractivity contribution >= 4 is 11.8 Å². The average molecular weight is 357 g/mol. The van der Waals surface area contributed by atoms with Gasteiger partial charge < -0.3 is 10.2 Å². The van der Waals surface area contributed by atoms with Crippen LogP contribution < -0.4 is 5.32 Å². The lowest BCUT2D eigenvalue weighted by Gasteiger charge is -2.35. The molecular weight excluding hydrogens is 335 g/mol. The highest BCUT2D eigenvalue weighted by Gasteiger charge is 2.33. The number of nitrogens with zero attached hydrogens (tertiary/aromatic N) is 2. The number of nitrogens with one attached hydrogen (secondary N) is 1. The molecule has 1 saturated heterocycles. The first kappa shape index (κ1) is 19.2. The largest absolute Gasteiger partial charge is 0.416 e. The Hall–Kier alpha value is -2.09. The maximum absolute atomic E-state index is 12.9. The predicted molar refractivity (Wildman–Crippen MR) is 86.6 cm³/mol. The third-order valence-corrected chi connectivity index (χ3v) is 4.35. The lowest BCUT2D eigenvalue weighted by Crippen LogP contribution is -2.56. The fraction of sp³-hybridized carbons (Fsp3) is 0.529. The molecule has 1 aromatic carbocycles. The number of benzene rings is 1. The van der Waals surface area contributed by atoms with Crippen LogP contribution in [0.5, 0.6) is 0 Å². The second kappa shape index (κ2) is 7.86. The van der Waals surface area contributed by atoms with Gasteiger partial charge in [0.15, 0.2) is 0 Å². The third kappa shape index (κ3) is 4.94. The Balaban J connectivity index is 2.15.